The molecular formula is C63H65N5O14. The van der Waals surface area contributed by atoms with Crippen LogP contribution in [0.25, 0.3) is 10.9 Å². The molecule has 3 aliphatic rings. The minimum atomic E-state index is -1.57. The Morgan fingerprint density at radius 3 is 2.11 bits per heavy atom. The molecule has 0 saturated heterocycles. The molecule has 3 aliphatic heterocycles. The summed E-state index contributed by atoms with van der Waals surface area (Å²) in [6.45, 7) is 10.0. The van der Waals surface area contributed by atoms with Crippen molar-refractivity contribution in [1.29, 1.82) is 0 Å². The molecule has 0 aliphatic carbocycles. The maximum absolute atomic E-state index is 15.0. The van der Waals surface area contributed by atoms with Crippen LogP contribution < -0.4 is 30.2 Å². The van der Waals surface area contributed by atoms with Crippen LogP contribution in [-0.2, 0) is 50.3 Å². The van der Waals surface area contributed by atoms with Crippen LogP contribution in [0.1, 0.15) is 128 Å². The highest BCUT2D eigenvalue weighted by Crippen LogP contribution is 2.57. The van der Waals surface area contributed by atoms with E-state index in [0.717, 1.165) is 22.0 Å². The van der Waals surface area contributed by atoms with E-state index in [1.54, 1.807) is 68.6 Å². The zero-order valence-electron chi connectivity index (χ0n) is 46.6. The first-order valence-electron chi connectivity index (χ1n) is 27.3. The lowest BCUT2D eigenvalue weighted by molar-refractivity contribution is -0.151. The predicted molar refractivity (Wildman–Crippen MR) is 300 cm³/mol. The average Bonchev–Trinajstić information content (AvgIpc) is 3.22. The summed E-state index contributed by atoms with van der Waals surface area (Å²) < 4.78 is 29.1. The average molecular weight is 1120 g/mol. The molecular weight excluding hydrogens is 1050 g/mol. The highest BCUT2D eigenvalue weighted by atomic mass is 16.6. The standard InChI is InChI=1S/C63H65N5O14/c1-34-26-35(2)37(4)78-57(72)32-53(40-15-18-43(71)19-16-40)67-60(75)54(29-42-33-65-51-13-9-8-12-46(42)51)68(7)61(76)52(66-58(73)36(3)27-34)14-10-11-25-64-59(74)41-17-22-48-47(28-41)62(77)82-63(48)49-23-20-44(79-38(5)69)30-55(49)81-56-31-45(80-39(6)70)21-24-50(56)63/h8-9,12-13,15-24,26,28,30-31,33,35-37,52-54,65,71H,10-11,14,25,27,29,32H2,1-7H3,(H,64,74)(H,66,73)(H,67,75)/b34-26+/t35-,36+,37-,52+,53-,54-/m1/s1. The molecule has 1 aromatic heterocycles. The van der Waals surface area contributed by atoms with Gasteiger partial charge in [-0.25, -0.2) is 4.79 Å². The van der Waals surface area contributed by atoms with E-state index in [9.17, 15) is 38.7 Å². The SMILES string of the molecule is CC(=O)Oc1ccc2c(c1)Oc1cc(OC(C)=O)ccc1C21OC(=O)c2cc(C(=O)NCCCC[C@@H]3NC(=O)[C@@H](C)C/C(C)=C/[C@@H](C)[C@@H](C)OC(=O)C[C@H](c4ccc(O)cc4)NC(=O)[C@@H](Cc4c[nH]c5ccccc45)N(C)C3=O)ccc21. The predicted octanol–water partition coefficient (Wildman–Crippen LogP) is 8.55. The first-order valence-corrected chi connectivity index (χ1v) is 27.3. The van der Waals surface area contributed by atoms with Gasteiger partial charge in [-0.3, -0.25) is 33.6 Å². The quantitative estimate of drug-likeness (QED) is 0.0353. The Hall–Kier alpha value is -9.26. The van der Waals surface area contributed by atoms with E-state index in [0.29, 0.717) is 41.5 Å². The first kappa shape index (κ1) is 57.4. The summed E-state index contributed by atoms with van der Waals surface area (Å²) in [6, 6.07) is 24.5. The van der Waals surface area contributed by atoms with Crippen LogP contribution in [0.2, 0.25) is 0 Å². The molecule has 82 heavy (non-hydrogen) atoms. The number of nitrogens with one attached hydrogen (secondary N) is 4. The molecule has 0 bridgehead atoms. The second-order valence-electron chi connectivity index (χ2n) is 21.3. The number of rotatable bonds is 11. The van der Waals surface area contributed by atoms with Crippen molar-refractivity contribution in [3.05, 3.63) is 160 Å². The van der Waals surface area contributed by atoms with Crippen LogP contribution >= 0.6 is 0 Å². The smallest absolute Gasteiger partial charge is 0.340 e. The molecule has 1 spiro atoms. The van der Waals surface area contributed by atoms with Gasteiger partial charge in [0.05, 0.1) is 18.0 Å². The van der Waals surface area contributed by atoms with Crippen LogP contribution in [0, 0.1) is 11.8 Å². The van der Waals surface area contributed by atoms with Gasteiger partial charge >= 0.3 is 23.9 Å². The van der Waals surface area contributed by atoms with Crippen LogP contribution in [0.4, 0.5) is 0 Å². The molecule has 4 heterocycles. The number of hydrogen-bond donors (Lipinski definition) is 5. The van der Waals surface area contributed by atoms with Crippen LogP contribution in [0.3, 0.4) is 0 Å². The van der Waals surface area contributed by atoms with Gasteiger partial charge in [-0.1, -0.05) is 61.9 Å². The van der Waals surface area contributed by atoms with Crippen LogP contribution in [0.15, 0.2) is 121 Å². The number of phenolic OH excluding ortho intramolecular Hbond substituents is 1. The maximum Gasteiger partial charge on any atom is 0.340 e. The van der Waals surface area contributed by atoms with Gasteiger partial charge in [0.15, 0.2) is 5.60 Å². The van der Waals surface area contributed by atoms with Gasteiger partial charge in [0.25, 0.3) is 5.91 Å². The lowest BCUT2D eigenvalue weighted by atomic mass is 9.77. The normalized spacial score (nSPS) is 21.6. The van der Waals surface area contributed by atoms with Gasteiger partial charge in [-0.2, -0.15) is 0 Å². The fourth-order valence-electron chi connectivity index (χ4n) is 10.9. The van der Waals surface area contributed by atoms with E-state index in [1.165, 1.54) is 56.1 Å². The fraction of sp³-hybridized carbons (Fsp3) is 0.333. The summed E-state index contributed by atoms with van der Waals surface area (Å²) in [5.74, 6) is -4.45. The number of fused-ring (bicyclic) bond motifs is 7. The van der Waals surface area contributed by atoms with Crippen molar-refractivity contribution in [3.8, 4) is 28.7 Å². The number of H-pyrrole nitrogens is 1. The molecule has 426 valence electrons. The van der Waals surface area contributed by atoms with Gasteiger partial charge in [0.2, 0.25) is 17.7 Å². The number of ether oxygens (including phenoxy) is 5. The van der Waals surface area contributed by atoms with Crippen molar-refractivity contribution in [2.45, 2.75) is 110 Å². The number of unbranched alkanes of at least 4 members (excludes halogenated alkanes) is 1. The number of likely N-dealkylation sites (N-methyl/N-ethyl adjacent to an activating group) is 1. The summed E-state index contributed by atoms with van der Waals surface area (Å²) in [5, 5.41) is 19.9. The summed E-state index contributed by atoms with van der Waals surface area (Å²) >= 11 is 0. The Labute approximate surface area is 473 Å². The van der Waals surface area contributed by atoms with E-state index in [-0.39, 0.29) is 77.5 Å². The number of carbonyl (C=O) groups is 8. The summed E-state index contributed by atoms with van der Waals surface area (Å²) in [5.41, 5.74) is 2.92. The van der Waals surface area contributed by atoms with E-state index >= 15 is 4.79 Å². The third-order valence-electron chi connectivity index (χ3n) is 15.2. The topological polar surface area (TPSA) is 258 Å². The number of amides is 4. The van der Waals surface area contributed by atoms with E-state index in [4.69, 9.17) is 23.7 Å². The number of phenols is 1. The number of aromatic nitrogens is 1. The van der Waals surface area contributed by atoms with Gasteiger partial charge in [0.1, 0.15) is 46.9 Å². The number of para-hydroxylation sites is 1. The molecule has 9 rings (SSSR count). The maximum atomic E-state index is 15.0. The third-order valence-corrected chi connectivity index (χ3v) is 15.2. The summed E-state index contributed by atoms with van der Waals surface area (Å²) in [4.78, 5) is 114. The molecule has 6 atom stereocenters. The van der Waals surface area contributed by atoms with Crippen molar-refractivity contribution in [2.24, 2.45) is 11.8 Å². The lowest BCUT2D eigenvalue weighted by Crippen LogP contribution is -2.56. The molecule has 4 amide bonds. The van der Waals surface area contributed by atoms with Gasteiger partial charge in [-0.15, -0.1) is 0 Å². The number of carbonyl (C=O) groups excluding carboxylic acids is 8. The summed E-state index contributed by atoms with van der Waals surface area (Å²) in [6.07, 6.45) is 4.18. The zero-order chi connectivity index (χ0) is 58.6. The number of cyclic esters (lactones) is 1. The highest BCUT2D eigenvalue weighted by Gasteiger charge is 2.54. The highest BCUT2D eigenvalue weighted by molar-refractivity contribution is 6.02. The Bertz CT molecular complexity index is 3470. The number of hydrogen-bond acceptors (Lipinski definition) is 14. The third kappa shape index (κ3) is 12.4. The number of allylic oxidation sites excluding steroid dienone is 1. The Kier molecular flexibility index (Phi) is 17.0. The van der Waals surface area contributed by atoms with Crippen molar-refractivity contribution >= 4 is 58.4 Å². The van der Waals surface area contributed by atoms with Crippen molar-refractivity contribution in [3.63, 3.8) is 0 Å². The zero-order valence-corrected chi connectivity index (χ0v) is 46.6. The molecule has 0 fully saturated rings. The Morgan fingerprint density at radius 2 is 1.44 bits per heavy atom. The second-order valence-corrected chi connectivity index (χ2v) is 21.3. The fourth-order valence-corrected chi connectivity index (χ4v) is 10.9. The Balaban J connectivity index is 0.952. The van der Waals surface area contributed by atoms with E-state index < -0.39 is 77.3 Å². The van der Waals surface area contributed by atoms with E-state index in [2.05, 4.69) is 20.9 Å². The number of aromatic hydroxyl groups is 1. The lowest BCUT2D eigenvalue weighted by Gasteiger charge is -2.36. The summed E-state index contributed by atoms with van der Waals surface area (Å²) in [7, 11) is 1.51. The molecule has 19 nitrogen and oxygen atoms in total. The minimum Gasteiger partial charge on any atom is -0.508 e. The minimum absolute atomic E-state index is 0.00841. The Morgan fingerprint density at radius 1 is 0.780 bits per heavy atom. The molecule has 6 aromatic rings. The van der Waals surface area contributed by atoms with Crippen molar-refractivity contribution < 1.29 is 67.1 Å². The number of benzene rings is 5. The molecule has 0 unspecified atom stereocenters. The largest absolute Gasteiger partial charge is 0.508 e. The number of esters is 4. The van der Waals surface area contributed by atoms with Crippen LogP contribution in [0.5, 0.6) is 28.7 Å². The second kappa shape index (κ2) is 24.2. The van der Waals surface area contributed by atoms with Crippen LogP contribution in [-0.4, -0.2) is 94.3 Å². The number of aromatic amines is 1. The molecule has 19 heteroatoms. The molecule has 0 saturated carbocycles. The van der Waals surface area contributed by atoms with Crippen molar-refractivity contribution in [2.75, 3.05) is 13.6 Å². The van der Waals surface area contributed by atoms with Gasteiger partial charge in [-0.05, 0) is 105 Å². The van der Waals surface area contributed by atoms with Gasteiger partial charge in [0, 0.05) is 97.2 Å². The number of nitrogens with zero attached hydrogens (tertiary/aromatic N) is 1. The molecule has 0 radical (unpaired) electrons. The van der Waals surface area contributed by atoms with Crippen molar-refractivity contribution in [1.82, 2.24) is 25.8 Å². The molecule has 5 N–H and O–H groups in total. The monoisotopic (exact) mass is 1120 g/mol. The molecule has 5 aromatic carbocycles. The first-order chi connectivity index (χ1) is 39.2. The van der Waals surface area contributed by atoms with E-state index in [1.807, 2.05) is 44.2 Å². The van der Waals surface area contributed by atoms with Gasteiger partial charge < -0.3 is 54.6 Å².